The number of rotatable bonds is 8. The molecule has 0 aliphatic carbocycles. The summed E-state index contributed by atoms with van der Waals surface area (Å²) in [5.74, 6) is 1.88. The van der Waals surface area contributed by atoms with E-state index in [4.69, 9.17) is 4.74 Å². The highest BCUT2D eigenvalue weighted by molar-refractivity contribution is 5.80. The van der Waals surface area contributed by atoms with Crippen LogP contribution in [0.15, 0.2) is 4.99 Å². The average molecular weight is 380 g/mol. The molecule has 3 heterocycles. The molecule has 3 aliphatic rings. The van der Waals surface area contributed by atoms with Gasteiger partial charge in [0, 0.05) is 46.3 Å². The van der Waals surface area contributed by atoms with Crippen molar-refractivity contribution in [3.05, 3.63) is 0 Å². The number of hydrogen-bond donors (Lipinski definition) is 1. The smallest absolute Gasteiger partial charge is 0.193 e. The van der Waals surface area contributed by atoms with E-state index < -0.39 is 0 Å². The number of unbranched alkanes of at least 4 members (excludes halogenated alkanes) is 2. The Labute approximate surface area is 166 Å². The van der Waals surface area contributed by atoms with Gasteiger partial charge in [0.25, 0.3) is 0 Å². The zero-order chi connectivity index (χ0) is 18.7. The normalized spacial score (nSPS) is 25.9. The number of nitrogens with one attached hydrogen (secondary N) is 1. The Bertz CT molecular complexity index is 432. The van der Waals surface area contributed by atoms with E-state index >= 15 is 0 Å². The maximum atomic E-state index is 5.46. The van der Waals surface area contributed by atoms with E-state index in [2.05, 4.69) is 25.0 Å². The molecule has 156 valence electrons. The van der Waals surface area contributed by atoms with E-state index in [0.29, 0.717) is 0 Å². The fourth-order valence-corrected chi connectivity index (χ4v) is 4.68. The number of likely N-dealkylation sites (tertiary alicyclic amines) is 2. The molecule has 1 unspecified atom stereocenters. The lowest BCUT2D eigenvalue weighted by Gasteiger charge is -2.29. The third-order valence-electron chi connectivity index (χ3n) is 6.30. The molecule has 0 aromatic rings. The first-order valence-electron chi connectivity index (χ1n) is 11.3. The van der Waals surface area contributed by atoms with Gasteiger partial charge in [0.15, 0.2) is 5.96 Å². The molecule has 0 spiro atoms. The fraction of sp³-hybridized carbons (Fsp3) is 0.952. The molecule has 0 amide bonds. The third kappa shape index (κ3) is 7.24. The monoisotopic (exact) mass is 379 g/mol. The Morgan fingerprint density at radius 1 is 0.963 bits per heavy atom. The number of ether oxygens (including phenoxy) is 1. The van der Waals surface area contributed by atoms with Gasteiger partial charge in [0.2, 0.25) is 0 Å². The first kappa shape index (κ1) is 20.9. The Morgan fingerprint density at radius 3 is 2.56 bits per heavy atom. The summed E-state index contributed by atoms with van der Waals surface area (Å²) >= 11 is 0. The molecule has 3 aliphatic heterocycles. The summed E-state index contributed by atoms with van der Waals surface area (Å²) in [6.45, 7) is 12.5. The minimum atomic E-state index is 0.770. The Kier molecular flexibility index (Phi) is 9.18. The van der Waals surface area contributed by atoms with E-state index in [1.165, 1.54) is 71.1 Å². The fourth-order valence-electron chi connectivity index (χ4n) is 4.68. The second kappa shape index (κ2) is 11.9. The number of guanidine groups is 1. The lowest BCUT2D eigenvalue weighted by Crippen LogP contribution is -2.42. The van der Waals surface area contributed by atoms with Crippen LogP contribution < -0.4 is 5.32 Å². The van der Waals surface area contributed by atoms with Crippen molar-refractivity contribution in [2.45, 2.75) is 44.9 Å². The lowest BCUT2D eigenvalue weighted by atomic mass is 10.1. The van der Waals surface area contributed by atoms with Crippen molar-refractivity contribution >= 4 is 5.96 Å². The maximum Gasteiger partial charge on any atom is 0.193 e. The predicted molar refractivity (Wildman–Crippen MR) is 112 cm³/mol. The van der Waals surface area contributed by atoms with Crippen LogP contribution in [0.1, 0.15) is 44.9 Å². The first-order chi connectivity index (χ1) is 13.3. The Hall–Kier alpha value is -0.850. The standard InChI is InChI=1S/C21H41N5O/c1-22-21(23-9-4-2-5-10-24-11-6-3-7-12-24)26-13-8-20(19-26)18-25-14-16-27-17-15-25/h20H,2-19H2,1H3,(H,22,23). The molecule has 27 heavy (non-hydrogen) atoms. The summed E-state index contributed by atoms with van der Waals surface area (Å²) in [6.07, 6.45) is 9.43. The van der Waals surface area contributed by atoms with Gasteiger partial charge in [-0.2, -0.15) is 0 Å². The number of nitrogens with zero attached hydrogens (tertiary/aromatic N) is 4. The summed E-state index contributed by atoms with van der Waals surface area (Å²) in [7, 11) is 1.92. The van der Waals surface area contributed by atoms with Crippen LogP contribution in [0.2, 0.25) is 0 Å². The molecule has 3 saturated heterocycles. The molecule has 0 saturated carbocycles. The van der Waals surface area contributed by atoms with Gasteiger partial charge in [-0.25, -0.2) is 0 Å². The minimum absolute atomic E-state index is 0.770. The van der Waals surface area contributed by atoms with E-state index in [-0.39, 0.29) is 0 Å². The van der Waals surface area contributed by atoms with Gasteiger partial charge in [-0.1, -0.05) is 12.8 Å². The molecule has 3 rings (SSSR count). The minimum Gasteiger partial charge on any atom is -0.379 e. The van der Waals surface area contributed by atoms with Crippen LogP contribution in [0.25, 0.3) is 0 Å². The number of piperidine rings is 1. The molecule has 3 fully saturated rings. The highest BCUT2D eigenvalue weighted by Gasteiger charge is 2.26. The molecular weight excluding hydrogens is 338 g/mol. The summed E-state index contributed by atoms with van der Waals surface area (Å²) in [5, 5.41) is 3.60. The van der Waals surface area contributed by atoms with E-state index in [9.17, 15) is 0 Å². The van der Waals surface area contributed by atoms with Gasteiger partial charge >= 0.3 is 0 Å². The van der Waals surface area contributed by atoms with Crippen LogP contribution in [0.5, 0.6) is 0 Å². The molecule has 0 radical (unpaired) electrons. The van der Waals surface area contributed by atoms with Crippen LogP contribution in [-0.2, 0) is 4.74 Å². The van der Waals surface area contributed by atoms with E-state index in [0.717, 1.165) is 57.8 Å². The van der Waals surface area contributed by atoms with Crippen molar-refractivity contribution in [2.24, 2.45) is 10.9 Å². The summed E-state index contributed by atoms with van der Waals surface area (Å²) in [5.41, 5.74) is 0. The van der Waals surface area contributed by atoms with Crippen molar-refractivity contribution in [1.82, 2.24) is 20.0 Å². The van der Waals surface area contributed by atoms with Crippen LogP contribution in [-0.4, -0.2) is 99.8 Å². The van der Waals surface area contributed by atoms with E-state index in [1.54, 1.807) is 0 Å². The maximum absolute atomic E-state index is 5.46. The molecule has 0 aromatic heterocycles. The lowest BCUT2D eigenvalue weighted by molar-refractivity contribution is 0.0315. The van der Waals surface area contributed by atoms with Crippen molar-refractivity contribution in [3.63, 3.8) is 0 Å². The molecule has 1 atom stereocenters. The van der Waals surface area contributed by atoms with Crippen molar-refractivity contribution in [3.8, 4) is 0 Å². The molecule has 0 aromatic carbocycles. The molecule has 6 nitrogen and oxygen atoms in total. The first-order valence-corrected chi connectivity index (χ1v) is 11.3. The van der Waals surface area contributed by atoms with Crippen molar-refractivity contribution in [1.29, 1.82) is 0 Å². The second-order valence-corrected chi connectivity index (χ2v) is 8.45. The SMILES string of the molecule is CN=C(NCCCCCN1CCCCC1)N1CCC(CN2CCOCC2)C1. The third-order valence-corrected chi connectivity index (χ3v) is 6.30. The molecular formula is C21H41N5O. The second-order valence-electron chi connectivity index (χ2n) is 8.45. The zero-order valence-electron chi connectivity index (χ0n) is 17.5. The van der Waals surface area contributed by atoms with E-state index in [1.807, 2.05) is 7.05 Å². The zero-order valence-corrected chi connectivity index (χ0v) is 17.5. The predicted octanol–water partition coefficient (Wildman–Crippen LogP) is 1.87. The van der Waals surface area contributed by atoms with Crippen molar-refractivity contribution in [2.75, 3.05) is 79.2 Å². The van der Waals surface area contributed by atoms with Crippen LogP contribution in [0, 0.1) is 5.92 Å². The Balaban J connectivity index is 1.25. The van der Waals surface area contributed by atoms with Crippen LogP contribution in [0.4, 0.5) is 0 Å². The number of hydrogen-bond acceptors (Lipinski definition) is 4. The van der Waals surface area contributed by atoms with Crippen molar-refractivity contribution < 1.29 is 4.74 Å². The molecule has 1 N–H and O–H groups in total. The highest BCUT2D eigenvalue weighted by Crippen LogP contribution is 2.18. The van der Waals surface area contributed by atoms with Gasteiger partial charge < -0.3 is 19.9 Å². The Morgan fingerprint density at radius 2 is 1.78 bits per heavy atom. The van der Waals surface area contributed by atoms with Gasteiger partial charge in [0.1, 0.15) is 0 Å². The molecule has 0 bridgehead atoms. The topological polar surface area (TPSA) is 43.3 Å². The van der Waals surface area contributed by atoms with Crippen LogP contribution >= 0.6 is 0 Å². The van der Waals surface area contributed by atoms with Gasteiger partial charge in [-0.3, -0.25) is 9.89 Å². The van der Waals surface area contributed by atoms with Gasteiger partial charge in [0.05, 0.1) is 13.2 Å². The average Bonchev–Trinajstić information content (AvgIpc) is 3.17. The number of morpholine rings is 1. The quantitative estimate of drug-likeness (QED) is 0.396. The van der Waals surface area contributed by atoms with Crippen LogP contribution in [0.3, 0.4) is 0 Å². The summed E-state index contributed by atoms with van der Waals surface area (Å²) in [6, 6.07) is 0. The highest BCUT2D eigenvalue weighted by atomic mass is 16.5. The summed E-state index contributed by atoms with van der Waals surface area (Å²) < 4.78 is 5.46. The van der Waals surface area contributed by atoms with Gasteiger partial charge in [-0.05, 0) is 57.7 Å². The number of aliphatic imine (C=N–C) groups is 1. The summed E-state index contributed by atoms with van der Waals surface area (Å²) in [4.78, 5) is 12.2. The largest absolute Gasteiger partial charge is 0.379 e. The van der Waals surface area contributed by atoms with Gasteiger partial charge in [-0.15, -0.1) is 0 Å². The molecule has 6 heteroatoms.